The number of ether oxygens (including phenoxy) is 1. The van der Waals surface area contributed by atoms with Gasteiger partial charge in [0.05, 0.1) is 6.61 Å². The van der Waals surface area contributed by atoms with Crippen LogP contribution in [-0.2, 0) is 19.1 Å². The second kappa shape index (κ2) is 8.51. The lowest BCUT2D eigenvalue weighted by Gasteiger charge is -2.13. The Labute approximate surface area is 98.8 Å². The van der Waals surface area contributed by atoms with Crippen molar-refractivity contribution < 1.29 is 29.3 Å². The van der Waals surface area contributed by atoms with E-state index in [4.69, 9.17) is 14.9 Å². The molecule has 7 nitrogen and oxygen atoms in total. The molecule has 0 aliphatic rings. The Morgan fingerprint density at radius 2 is 1.88 bits per heavy atom. The van der Waals surface area contributed by atoms with E-state index in [1.165, 1.54) is 0 Å². The summed E-state index contributed by atoms with van der Waals surface area (Å²) in [6, 6.07) is -1.17. The van der Waals surface area contributed by atoms with E-state index >= 15 is 0 Å². The van der Waals surface area contributed by atoms with E-state index in [1.54, 1.807) is 6.92 Å². The van der Waals surface area contributed by atoms with E-state index in [1.807, 2.05) is 0 Å². The molecule has 17 heavy (non-hydrogen) atoms. The van der Waals surface area contributed by atoms with Crippen molar-refractivity contribution in [3.8, 4) is 0 Å². The largest absolute Gasteiger partial charge is 0.481 e. The number of carboxylic acid groups (broad SMARTS) is 2. The maximum absolute atomic E-state index is 11.3. The third-order valence-electron chi connectivity index (χ3n) is 1.96. The molecule has 3 N–H and O–H groups in total. The molecule has 0 bridgehead atoms. The van der Waals surface area contributed by atoms with Gasteiger partial charge in [-0.3, -0.25) is 9.59 Å². The molecule has 0 saturated carbocycles. The Kier molecular flexibility index (Phi) is 7.70. The summed E-state index contributed by atoms with van der Waals surface area (Å²) in [7, 11) is 0. The SMILES string of the molecule is CCOCCC(=O)NC(CCC(=O)O)C(=O)O. The van der Waals surface area contributed by atoms with E-state index in [9.17, 15) is 14.4 Å². The molecule has 0 aliphatic heterocycles. The fourth-order valence-electron chi connectivity index (χ4n) is 1.10. The first-order chi connectivity index (χ1) is 7.97. The molecule has 0 aromatic rings. The molecule has 1 unspecified atom stereocenters. The molecule has 0 aromatic heterocycles. The monoisotopic (exact) mass is 247 g/mol. The fourth-order valence-corrected chi connectivity index (χ4v) is 1.10. The van der Waals surface area contributed by atoms with Gasteiger partial charge < -0.3 is 20.3 Å². The molecular weight excluding hydrogens is 230 g/mol. The van der Waals surface area contributed by atoms with Crippen molar-refractivity contribution in [2.75, 3.05) is 13.2 Å². The number of nitrogens with one attached hydrogen (secondary N) is 1. The standard InChI is InChI=1S/C10H17NO6/c1-2-17-6-5-8(12)11-7(10(15)16)3-4-9(13)14/h7H,2-6H2,1H3,(H,11,12)(H,13,14)(H,15,16). The van der Waals surface area contributed by atoms with Crippen LogP contribution in [0, 0.1) is 0 Å². The molecule has 0 rings (SSSR count). The van der Waals surface area contributed by atoms with Crippen LogP contribution in [-0.4, -0.2) is 47.3 Å². The summed E-state index contributed by atoms with van der Waals surface area (Å²) < 4.78 is 4.94. The fraction of sp³-hybridized carbons (Fsp3) is 0.700. The summed E-state index contributed by atoms with van der Waals surface area (Å²) >= 11 is 0. The highest BCUT2D eigenvalue weighted by molar-refractivity contribution is 5.83. The van der Waals surface area contributed by atoms with Crippen LogP contribution < -0.4 is 5.32 Å². The van der Waals surface area contributed by atoms with Crippen LogP contribution in [0.1, 0.15) is 26.2 Å². The van der Waals surface area contributed by atoms with E-state index in [0.717, 1.165) is 0 Å². The van der Waals surface area contributed by atoms with Gasteiger partial charge in [0.1, 0.15) is 6.04 Å². The summed E-state index contributed by atoms with van der Waals surface area (Å²) in [5, 5.41) is 19.4. The van der Waals surface area contributed by atoms with Crippen molar-refractivity contribution in [1.82, 2.24) is 5.32 Å². The number of carbonyl (C=O) groups is 3. The second-order valence-electron chi connectivity index (χ2n) is 3.34. The zero-order chi connectivity index (χ0) is 13.3. The second-order valence-corrected chi connectivity index (χ2v) is 3.34. The molecular formula is C10H17NO6. The van der Waals surface area contributed by atoms with Crippen LogP contribution in [0.25, 0.3) is 0 Å². The lowest BCUT2D eigenvalue weighted by Crippen LogP contribution is -2.41. The molecule has 1 amide bonds. The van der Waals surface area contributed by atoms with Gasteiger partial charge in [-0.2, -0.15) is 0 Å². The van der Waals surface area contributed by atoms with E-state index in [-0.39, 0.29) is 25.9 Å². The van der Waals surface area contributed by atoms with Crippen LogP contribution in [0.2, 0.25) is 0 Å². The molecule has 1 atom stereocenters. The number of amides is 1. The minimum absolute atomic E-state index is 0.0602. The number of carboxylic acids is 2. The summed E-state index contributed by atoms with van der Waals surface area (Å²) in [5.74, 6) is -2.80. The van der Waals surface area contributed by atoms with Gasteiger partial charge in [0.15, 0.2) is 0 Å². The number of rotatable bonds is 9. The predicted octanol–water partition coefficient (Wildman–Crippen LogP) is -0.153. The van der Waals surface area contributed by atoms with Gasteiger partial charge in [-0.05, 0) is 13.3 Å². The first-order valence-corrected chi connectivity index (χ1v) is 5.29. The maximum Gasteiger partial charge on any atom is 0.326 e. The molecule has 0 heterocycles. The zero-order valence-electron chi connectivity index (χ0n) is 9.64. The van der Waals surface area contributed by atoms with E-state index in [0.29, 0.717) is 6.61 Å². The molecule has 98 valence electrons. The van der Waals surface area contributed by atoms with Crippen LogP contribution in [0.3, 0.4) is 0 Å². The van der Waals surface area contributed by atoms with Crippen LogP contribution in [0.5, 0.6) is 0 Å². The Balaban J connectivity index is 4.02. The van der Waals surface area contributed by atoms with Gasteiger partial charge in [0, 0.05) is 19.4 Å². The summed E-state index contributed by atoms with van der Waals surface area (Å²) in [6.07, 6.45) is -0.377. The van der Waals surface area contributed by atoms with Gasteiger partial charge in [-0.1, -0.05) is 0 Å². The summed E-state index contributed by atoms with van der Waals surface area (Å²) in [4.78, 5) is 32.3. The molecule has 0 radical (unpaired) electrons. The topological polar surface area (TPSA) is 113 Å². The van der Waals surface area contributed by atoms with Gasteiger partial charge in [0.25, 0.3) is 0 Å². The Bertz CT molecular complexity index is 278. The van der Waals surface area contributed by atoms with Crippen molar-refractivity contribution in [3.63, 3.8) is 0 Å². The smallest absolute Gasteiger partial charge is 0.326 e. The third-order valence-corrected chi connectivity index (χ3v) is 1.96. The molecule has 0 saturated heterocycles. The van der Waals surface area contributed by atoms with Gasteiger partial charge in [0.2, 0.25) is 5.91 Å². The molecule has 0 aliphatic carbocycles. The average molecular weight is 247 g/mol. The number of hydrogen-bond donors (Lipinski definition) is 3. The van der Waals surface area contributed by atoms with Crippen molar-refractivity contribution in [3.05, 3.63) is 0 Å². The van der Waals surface area contributed by atoms with Gasteiger partial charge in [-0.25, -0.2) is 4.79 Å². The Morgan fingerprint density at radius 3 is 2.35 bits per heavy atom. The summed E-state index contributed by atoms with van der Waals surface area (Å²) in [6.45, 7) is 2.48. The van der Waals surface area contributed by atoms with Crippen molar-refractivity contribution >= 4 is 17.8 Å². The quantitative estimate of drug-likeness (QED) is 0.488. The highest BCUT2D eigenvalue weighted by Crippen LogP contribution is 1.99. The van der Waals surface area contributed by atoms with Crippen LogP contribution >= 0.6 is 0 Å². The average Bonchev–Trinajstić information content (AvgIpc) is 2.23. The first kappa shape index (κ1) is 15.4. The molecule has 0 aromatic carbocycles. The molecule has 0 fully saturated rings. The van der Waals surface area contributed by atoms with E-state index < -0.39 is 23.9 Å². The lowest BCUT2D eigenvalue weighted by molar-refractivity contribution is -0.143. The maximum atomic E-state index is 11.3. The first-order valence-electron chi connectivity index (χ1n) is 5.29. The van der Waals surface area contributed by atoms with Crippen molar-refractivity contribution in [2.24, 2.45) is 0 Å². The Morgan fingerprint density at radius 1 is 1.24 bits per heavy atom. The van der Waals surface area contributed by atoms with Gasteiger partial charge >= 0.3 is 11.9 Å². The summed E-state index contributed by atoms with van der Waals surface area (Å²) in [5.41, 5.74) is 0. The van der Waals surface area contributed by atoms with Crippen LogP contribution in [0.15, 0.2) is 0 Å². The zero-order valence-corrected chi connectivity index (χ0v) is 9.64. The number of hydrogen-bond acceptors (Lipinski definition) is 4. The molecule has 0 spiro atoms. The van der Waals surface area contributed by atoms with Crippen molar-refractivity contribution in [2.45, 2.75) is 32.2 Å². The highest BCUT2D eigenvalue weighted by Gasteiger charge is 2.20. The minimum Gasteiger partial charge on any atom is -0.481 e. The van der Waals surface area contributed by atoms with Crippen molar-refractivity contribution in [1.29, 1.82) is 0 Å². The van der Waals surface area contributed by atoms with E-state index in [2.05, 4.69) is 5.32 Å². The Hall–Kier alpha value is -1.63. The van der Waals surface area contributed by atoms with Gasteiger partial charge in [-0.15, -0.1) is 0 Å². The third kappa shape index (κ3) is 8.21. The lowest BCUT2D eigenvalue weighted by atomic mass is 10.1. The molecule has 7 heteroatoms. The highest BCUT2D eigenvalue weighted by atomic mass is 16.5. The van der Waals surface area contributed by atoms with Crippen LogP contribution in [0.4, 0.5) is 0 Å². The number of carbonyl (C=O) groups excluding carboxylic acids is 1. The minimum atomic E-state index is -1.24. The predicted molar refractivity (Wildman–Crippen MR) is 57.5 cm³/mol. The normalized spacial score (nSPS) is 11.8. The number of aliphatic carboxylic acids is 2.